The summed E-state index contributed by atoms with van der Waals surface area (Å²) in [5.41, 5.74) is 0.363. The maximum atomic E-state index is 12.7. The Morgan fingerprint density at radius 2 is 2.29 bits per heavy atom. The van der Waals surface area contributed by atoms with Crippen LogP contribution in [-0.4, -0.2) is 6.08 Å². The van der Waals surface area contributed by atoms with E-state index < -0.39 is 11.9 Å². The molecule has 3 nitrogen and oxygen atoms in total. The molecule has 0 heterocycles. The molecular formula is C9H4ClFN2O. The minimum absolute atomic E-state index is 0.108. The fraction of sp³-hybridized carbons (Fsp3) is 0.111. The molecule has 5 heteroatoms. The lowest BCUT2D eigenvalue weighted by atomic mass is 10.1. The topological polar surface area (TPSA) is 53.2 Å². The largest absolute Gasteiger partial charge is 0.236 e. The SMILES string of the molecule is N#CC(N=C=O)c1ccc(F)c(Cl)c1. The van der Waals surface area contributed by atoms with E-state index in [1.165, 1.54) is 18.2 Å². The third kappa shape index (κ3) is 2.17. The van der Waals surface area contributed by atoms with E-state index in [2.05, 4.69) is 4.99 Å². The highest BCUT2D eigenvalue weighted by atomic mass is 35.5. The molecule has 0 fully saturated rings. The molecule has 0 amide bonds. The lowest BCUT2D eigenvalue weighted by Crippen LogP contribution is -1.92. The van der Waals surface area contributed by atoms with Crippen molar-refractivity contribution < 1.29 is 9.18 Å². The molecule has 1 rings (SSSR count). The molecule has 1 aromatic carbocycles. The van der Waals surface area contributed by atoms with Gasteiger partial charge in [0.15, 0.2) is 6.04 Å². The van der Waals surface area contributed by atoms with Gasteiger partial charge in [-0.1, -0.05) is 17.7 Å². The van der Waals surface area contributed by atoms with Gasteiger partial charge in [0, 0.05) is 0 Å². The highest BCUT2D eigenvalue weighted by molar-refractivity contribution is 6.30. The summed E-state index contributed by atoms with van der Waals surface area (Å²) in [6.45, 7) is 0. The van der Waals surface area contributed by atoms with Gasteiger partial charge in [0.1, 0.15) is 5.82 Å². The number of rotatable bonds is 2. The Morgan fingerprint density at radius 3 is 2.79 bits per heavy atom. The second kappa shape index (κ2) is 4.52. The number of carbonyl (C=O) groups excluding carboxylic acids is 1. The van der Waals surface area contributed by atoms with E-state index >= 15 is 0 Å². The van der Waals surface area contributed by atoms with Crippen molar-refractivity contribution in [2.75, 3.05) is 0 Å². The van der Waals surface area contributed by atoms with E-state index in [0.29, 0.717) is 5.56 Å². The molecule has 0 aliphatic rings. The molecule has 0 spiro atoms. The van der Waals surface area contributed by atoms with Crippen molar-refractivity contribution in [1.29, 1.82) is 5.26 Å². The van der Waals surface area contributed by atoms with E-state index in [1.54, 1.807) is 6.07 Å². The Hall–Kier alpha value is -1.69. The van der Waals surface area contributed by atoms with Crippen LogP contribution in [0.3, 0.4) is 0 Å². The van der Waals surface area contributed by atoms with E-state index in [1.807, 2.05) is 0 Å². The van der Waals surface area contributed by atoms with Crippen molar-refractivity contribution in [3.8, 4) is 6.07 Å². The van der Waals surface area contributed by atoms with Gasteiger partial charge >= 0.3 is 0 Å². The first-order valence-electron chi connectivity index (χ1n) is 3.60. The van der Waals surface area contributed by atoms with Gasteiger partial charge in [-0.25, -0.2) is 9.18 Å². The maximum Gasteiger partial charge on any atom is 0.236 e. The smallest absolute Gasteiger partial charge is 0.211 e. The normalized spacial score (nSPS) is 11.2. The van der Waals surface area contributed by atoms with Crippen LogP contribution in [0.5, 0.6) is 0 Å². The molecule has 0 aromatic heterocycles. The molecule has 0 aliphatic carbocycles. The molecule has 1 aromatic rings. The first kappa shape index (κ1) is 10.4. The fourth-order valence-corrected chi connectivity index (χ4v) is 1.10. The molecule has 0 aliphatic heterocycles. The van der Waals surface area contributed by atoms with Gasteiger partial charge in [-0.2, -0.15) is 10.3 Å². The van der Waals surface area contributed by atoms with Crippen molar-refractivity contribution in [2.45, 2.75) is 6.04 Å². The fourth-order valence-electron chi connectivity index (χ4n) is 0.913. The molecule has 0 saturated heterocycles. The number of hydrogen-bond donors (Lipinski definition) is 0. The Balaban J connectivity index is 3.13. The molecular weight excluding hydrogens is 207 g/mol. The third-order valence-electron chi connectivity index (χ3n) is 1.56. The Morgan fingerprint density at radius 1 is 1.57 bits per heavy atom. The van der Waals surface area contributed by atoms with Crippen molar-refractivity contribution >= 4 is 17.7 Å². The first-order chi connectivity index (χ1) is 6.69. The first-order valence-corrected chi connectivity index (χ1v) is 3.98. The van der Waals surface area contributed by atoms with Crippen LogP contribution in [0.1, 0.15) is 11.6 Å². The molecule has 70 valence electrons. The Labute approximate surface area is 84.4 Å². The van der Waals surface area contributed by atoms with Gasteiger partial charge in [0.2, 0.25) is 6.08 Å². The minimum atomic E-state index is -0.981. The van der Waals surface area contributed by atoms with Gasteiger partial charge in [0.05, 0.1) is 11.1 Å². The van der Waals surface area contributed by atoms with E-state index in [-0.39, 0.29) is 5.02 Å². The molecule has 0 radical (unpaired) electrons. The van der Waals surface area contributed by atoms with Gasteiger partial charge in [-0.3, -0.25) is 0 Å². The van der Waals surface area contributed by atoms with Crippen LogP contribution in [0.2, 0.25) is 5.02 Å². The zero-order valence-electron chi connectivity index (χ0n) is 6.87. The monoisotopic (exact) mass is 210 g/mol. The number of halogens is 2. The zero-order valence-corrected chi connectivity index (χ0v) is 7.62. The summed E-state index contributed by atoms with van der Waals surface area (Å²) >= 11 is 5.49. The van der Waals surface area contributed by atoms with Crippen molar-refractivity contribution in [3.63, 3.8) is 0 Å². The average Bonchev–Trinajstić information content (AvgIpc) is 2.19. The van der Waals surface area contributed by atoms with Crippen LogP contribution in [0.4, 0.5) is 4.39 Å². The van der Waals surface area contributed by atoms with E-state index in [4.69, 9.17) is 16.9 Å². The summed E-state index contributed by atoms with van der Waals surface area (Å²) in [6, 6.07) is 4.49. The number of isocyanates is 1. The lowest BCUT2D eigenvalue weighted by molar-refractivity contribution is 0.561. The predicted molar refractivity (Wildman–Crippen MR) is 47.9 cm³/mol. The number of nitrogens with zero attached hydrogens (tertiary/aromatic N) is 2. The highest BCUT2D eigenvalue weighted by Gasteiger charge is 2.10. The summed E-state index contributed by atoms with van der Waals surface area (Å²) < 4.78 is 12.7. The van der Waals surface area contributed by atoms with Crippen LogP contribution in [0, 0.1) is 17.1 Å². The van der Waals surface area contributed by atoms with E-state index in [0.717, 1.165) is 6.07 Å². The number of aliphatic imine (C=N–C) groups is 1. The average molecular weight is 211 g/mol. The van der Waals surface area contributed by atoms with Crippen molar-refractivity contribution in [2.24, 2.45) is 4.99 Å². The number of nitriles is 1. The summed E-state index contributed by atoms with van der Waals surface area (Å²) in [5, 5.41) is 8.50. The zero-order chi connectivity index (χ0) is 10.6. The predicted octanol–water partition coefficient (Wildman–Crippen LogP) is 2.38. The van der Waals surface area contributed by atoms with Crippen LogP contribution in [0.25, 0.3) is 0 Å². The Bertz CT molecular complexity index is 435. The van der Waals surface area contributed by atoms with E-state index in [9.17, 15) is 9.18 Å². The van der Waals surface area contributed by atoms with Crippen molar-refractivity contribution in [1.82, 2.24) is 0 Å². The van der Waals surface area contributed by atoms with Crippen LogP contribution in [-0.2, 0) is 4.79 Å². The summed E-state index contributed by atoms with van der Waals surface area (Å²) in [7, 11) is 0. The molecule has 1 atom stereocenters. The standard InChI is InChI=1S/C9H4ClFN2O/c10-7-3-6(1-2-8(7)11)9(4-12)13-5-14/h1-3,9H. The lowest BCUT2D eigenvalue weighted by Gasteiger charge is -2.02. The third-order valence-corrected chi connectivity index (χ3v) is 1.85. The maximum absolute atomic E-state index is 12.7. The summed E-state index contributed by atoms with van der Waals surface area (Å²) in [5.74, 6) is -0.581. The van der Waals surface area contributed by atoms with Crippen LogP contribution >= 0.6 is 11.6 Å². The minimum Gasteiger partial charge on any atom is -0.211 e. The number of benzene rings is 1. The Kier molecular flexibility index (Phi) is 3.35. The molecule has 14 heavy (non-hydrogen) atoms. The van der Waals surface area contributed by atoms with Gasteiger partial charge in [-0.15, -0.1) is 0 Å². The van der Waals surface area contributed by atoms with Gasteiger partial charge in [0.25, 0.3) is 0 Å². The van der Waals surface area contributed by atoms with Crippen molar-refractivity contribution in [3.05, 3.63) is 34.6 Å². The number of hydrogen-bond acceptors (Lipinski definition) is 3. The van der Waals surface area contributed by atoms with Crippen LogP contribution in [0.15, 0.2) is 23.2 Å². The second-order valence-electron chi connectivity index (χ2n) is 2.43. The summed E-state index contributed by atoms with van der Waals surface area (Å²) in [6.07, 6.45) is 1.27. The molecule has 0 bridgehead atoms. The molecule has 0 N–H and O–H groups in total. The van der Waals surface area contributed by atoms with Crippen LogP contribution < -0.4 is 0 Å². The quantitative estimate of drug-likeness (QED) is 0.556. The molecule has 1 unspecified atom stereocenters. The summed E-state index contributed by atoms with van der Waals surface area (Å²) in [4.78, 5) is 13.2. The second-order valence-corrected chi connectivity index (χ2v) is 2.83. The van der Waals surface area contributed by atoms with Gasteiger partial charge < -0.3 is 0 Å². The highest BCUT2D eigenvalue weighted by Crippen LogP contribution is 2.22. The molecule has 0 saturated carbocycles. The van der Waals surface area contributed by atoms with Gasteiger partial charge in [-0.05, 0) is 17.7 Å².